The van der Waals surface area contributed by atoms with E-state index in [-0.39, 0.29) is 0 Å². The van der Waals surface area contributed by atoms with E-state index in [0.717, 1.165) is 25.3 Å². The topological polar surface area (TPSA) is 73.6 Å². The fraction of sp³-hybridized carbons (Fsp3) is 0.462. The SMILES string of the molecule is CCOCCCNc1ccc(N)cc1C(=O)OC. The van der Waals surface area contributed by atoms with Crippen molar-refractivity contribution in [3.05, 3.63) is 23.8 Å². The molecule has 0 fully saturated rings. The molecule has 0 amide bonds. The fourth-order valence-corrected chi connectivity index (χ4v) is 1.54. The average Bonchev–Trinajstić information content (AvgIpc) is 2.39. The molecule has 0 aliphatic rings. The lowest BCUT2D eigenvalue weighted by atomic mass is 10.1. The van der Waals surface area contributed by atoms with E-state index in [1.807, 2.05) is 6.92 Å². The minimum atomic E-state index is -0.394. The lowest BCUT2D eigenvalue weighted by molar-refractivity contribution is 0.0602. The van der Waals surface area contributed by atoms with Crippen LogP contribution in [-0.2, 0) is 9.47 Å². The van der Waals surface area contributed by atoms with Crippen molar-refractivity contribution in [2.45, 2.75) is 13.3 Å². The number of esters is 1. The molecule has 0 saturated heterocycles. The third kappa shape index (κ3) is 4.25. The number of hydrogen-bond donors (Lipinski definition) is 2. The molecule has 1 rings (SSSR count). The molecule has 100 valence electrons. The van der Waals surface area contributed by atoms with E-state index >= 15 is 0 Å². The summed E-state index contributed by atoms with van der Waals surface area (Å²) in [6.07, 6.45) is 0.874. The zero-order chi connectivity index (χ0) is 13.4. The Balaban J connectivity index is 2.61. The second-order valence-electron chi connectivity index (χ2n) is 3.77. The first-order chi connectivity index (χ1) is 8.69. The molecular formula is C13H20N2O3. The van der Waals surface area contributed by atoms with Crippen LogP contribution in [0.2, 0.25) is 0 Å². The Morgan fingerprint density at radius 2 is 2.22 bits per heavy atom. The maximum absolute atomic E-state index is 11.6. The van der Waals surface area contributed by atoms with Gasteiger partial charge < -0.3 is 20.5 Å². The number of carbonyl (C=O) groups excluding carboxylic acids is 1. The minimum absolute atomic E-state index is 0.394. The molecule has 0 radical (unpaired) electrons. The Hall–Kier alpha value is -1.75. The molecular weight excluding hydrogens is 232 g/mol. The number of carbonyl (C=O) groups is 1. The molecule has 0 unspecified atom stereocenters. The highest BCUT2D eigenvalue weighted by Crippen LogP contribution is 2.19. The first-order valence-corrected chi connectivity index (χ1v) is 5.98. The van der Waals surface area contributed by atoms with Gasteiger partial charge in [-0.1, -0.05) is 0 Å². The van der Waals surface area contributed by atoms with Crippen molar-refractivity contribution in [3.63, 3.8) is 0 Å². The number of ether oxygens (including phenoxy) is 2. The van der Waals surface area contributed by atoms with Crippen LogP contribution in [0.25, 0.3) is 0 Å². The van der Waals surface area contributed by atoms with E-state index in [4.69, 9.17) is 15.2 Å². The Morgan fingerprint density at radius 1 is 1.44 bits per heavy atom. The van der Waals surface area contributed by atoms with E-state index < -0.39 is 5.97 Å². The normalized spacial score (nSPS) is 10.1. The van der Waals surface area contributed by atoms with Crippen molar-refractivity contribution < 1.29 is 14.3 Å². The monoisotopic (exact) mass is 252 g/mol. The molecule has 0 bridgehead atoms. The number of hydrogen-bond acceptors (Lipinski definition) is 5. The summed E-state index contributed by atoms with van der Waals surface area (Å²) in [5.74, 6) is -0.394. The predicted octanol–water partition coefficient (Wildman–Crippen LogP) is 1.89. The van der Waals surface area contributed by atoms with Gasteiger partial charge in [-0.15, -0.1) is 0 Å². The van der Waals surface area contributed by atoms with Gasteiger partial charge in [0.1, 0.15) is 0 Å². The lowest BCUT2D eigenvalue weighted by Crippen LogP contribution is -2.11. The van der Waals surface area contributed by atoms with Gasteiger partial charge in [0.2, 0.25) is 0 Å². The number of nitrogen functional groups attached to an aromatic ring is 1. The molecule has 0 spiro atoms. The maximum Gasteiger partial charge on any atom is 0.340 e. The summed E-state index contributed by atoms with van der Waals surface area (Å²) < 4.78 is 9.96. The average molecular weight is 252 g/mol. The third-order valence-electron chi connectivity index (χ3n) is 2.43. The molecule has 18 heavy (non-hydrogen) atoms. The number of rotatable bonds is 7. The van der Waals surface area contributed by atoms with Crippen molar-refractivity contribution in [1.82, 2.24) is 0 Å². The summed E-state index contributed by atoms with van der Waals surface area (Å²) in [7, 11) is 1.35. The van der Waals surface area contributed by atoms with Crippen LogP contribution in [0.4, 0.5) is 11.4 Å². The van der Waals surface area contributed by atoms with Crippen LogP contribution in [0.5, 0.6) is 0 Å². The highest BCUT2D eigenvalue weighted by Gasteiger charge is 2.11. The molecule has 1 aromatic carbocycles. The number of nitrogens with two attached hydrogens (primary N) is 1. The Labute approximate surface area is 107 Å². The quantitative estimate of drug-likeness (QED) is 0.440. The smallest absolute Gasteiger partial charge is 0.340 e. The number of methoxy groups -OCH3 is 1. The summed E-state index contributed by atoms with van der Waals surface area (Å²) in [6.45, 7) is 4.11. The third-order valence-corrected chi connectivity index (χ3v) is 2.43. The van der Waals surface area contributed by atoms with Crippen LogP contribution in [0.15, 0.2) is 18.2 Å². The van der Waals surface area contributed by atoms with Gasteiger partial charge in [0, 0.05) is 31.1 Å². The van der Waals surface area contributed by atoms with E-state index in [0.29, 0.717) is 17.9 Å². The molecule has 0 saturated carbocycles. The van der Waals surface area contributed by atoms with Crippen LogP contribution in [0.1, 0.15) is 23.7 Å². The Morgan fingerprint density at radius 3 is 2.89 bits per heavy atom. The molecule has 0 aliphatic heterocycles. The number of anilines is 2. The van der Waals surface area contributed by atoms with Gasteiger partial charge in [-0.3, -0.25) is 0 Å². The Bertz CT molecular complexity index is 394. The first kappa shape index (κ1) is 14.3. The van der Waals surface area contributed by atoms with Gasteiger partial charge in [0.25, 0.3) is 0 Å². The van der Waals surface area contributed by atoms with E-state index in [1.54, 1.807) is 18.2 Å². The van der Waals surface area contributed by atoms with Crippen molar-refractivity contribution in [3.8, 4) is 0 Å². The summed E-state index contributed by atoms with van der Waals surface area (Å²) in [5, 5.41) is 3.18. The van der Waals surface area contributed by atoms with E-state index in [1.165, 1.54) is 7.11 Å². The molecule has 0 atom stereocenters. The lowest BCUT2D eigenvalue weighted by Gasteiger charge is -2.11. The van der Waals surface area contributed by atoms with Crippen molar-refractivity contribution in [1.29, 1.82) is 0 Å². The van der Waals surface area contributed by atoms with Crippen molar-refractivity contribution in [2.75, 3.05) is 37.9 Å². The molecule has 1 aromatic rings. The number of nitrogens with one attached hydrogen (secondary N) is 1. The molecule has 5 heteroatoms. The largest absolute Gasteiger partial charge is 0.465 e. The van der Waals surface area contributed by atoms with Crippen molar-refractivity contribution in [2.24, 2.45) is 0 Å². The second kappa shape index (κ2) is 7.55. The highest BCUT2D eigenvalue weighted by molar-refractivity contribution is 5.96. The molecule has 0 aliphatic carbocycles. The van der Waals surface area contributed by atoms with Crippen LogP contribution < -0.4 is 11.1 Å². The van der Waals surface area contributed by atoms with Crippen LogP contribution in [-0.4, -0.2) is 32.8 Å². The zero-order valence-electron chi connectivity index (χ0n) is 10.9. The number of benzene rings is 1. The van der Waals surface area contributed by atoms with E-state index in [2.05, 4.69) is 5.32 Å². The van der Waals surface area contributed by atoms with Crippen LogP contribution in [0.3, 0.4) is 0 Å². The summed E-state index contributed by atoms with van der Waals surface area (Å²) in [5.41, 5.74) is 7.38. The summed E-state index contributed by atoms with van der Waals surface area (Å²) in [4.78, 5) is 11.6. The van der Waals surface area contributed by atoms with Gasteiger partial charge in [0.05, 0.1) is 12.7 Å². The summed E-state index contributed by atoms with van der Waals surface area (Å²) >= 11 is 0. The minimum Gasteiger partial charge on any atom is -0.465 e. The zero-order valence-corrected chi connectivity index (χ0v) is 10.9. The van der Waals surface area contributed by atoms with Crippen LogP contribution >= 0.6 is 0 Å². The summed E-state index contributed by atoms with van der Waals surface area (Å²) in [6, 6.07) is 5.14. The first-order valence-electron chi connectivity index (χ1n) is 5.98. The van der Waals surface area contributed by atoms with Gasteiger partial charge >= 0.3 is 5.97 Å². The van der Waals surface area contributed by atoms with Gasteiger partial charge in [-0.25, -0.2) is 4.79 Å². The molecule has 0 aromatic heterocycles. The molecule has 5 nitrogen and oxygen atoms in total. The Kier molecular flexibility index (Phi) is 6.00. The predicted molar refractivity (Wildman–Crippen MR) is 71.8 cm³/mol. The van der Waals surface area contributed by atoms with Crippen molar-refractivity contribution >= 4 is 17.3 Å². The van der Waals surface area contributed by atoms with E-state index in [9.17, 15) is 4.79 Å². The molecule has 0 heterocycles. The van der Waals surface area contributed by atoms with Gasteiger partial charge in [0.15, 0.2) is 0 Å². The van der Waals surface area contributed by atoms with Gasteiger partial charge in [-0.05, 0) is 31.5 Å². The maximum atomic E-state index is 11.6. The standard InChI is InChI=1S/C13H20N2O3/c1-3-18-8-4-7-15-12-6-5-10(14)9-11(12)13(16)17-2/h5-6,9,15H,3-4,7-8,14H2,1-2H3. The second-order valence-corrected chi connectivity index (χ2v) is 3.77. The highest BCUT2D eigenvalue weighted by atomic mass is 16.5. The van der Waals surface area contributed by atoms with Crippen LogP contribution in [0, 0.1) is 0 Å². The van der Waals surface area contributed by atoms with Gasteiger partial charge in [-0.2, -0.15) is 0 Å². The fourth-order valence-electron chi connectivity index (χ4n) is 1.54. The molecule has 3 N–H and O–H groups in total.